The first-order valence-corrected chi connectivity index (χ1v) is 10.1. The lowest BCUT2D eigenvalue weighted by atomic mass is 10.0. The number of aromatic amines is 1. The van der Waals surface area contributed by atoms with Crippen molar-refractivity contribution in [2.75, 3.05) is 44.8 Å². The van der Waals surface area contributed by atoms with Crippen molar-refractivity contribution in [3.05, 3.63) is 24.2 Å². The van der Waals surface area contributed by atoms with Crippen LogP contribution in [0.1, 0.15) is 26.5 Å². The second-order valence-corrected chi connectivity index (χ2v) is 7.91. The van der Waals surface area contributed by atoms with Crippen molar-refractivity contribution in [3.8, 4) is 5.88 Å². The van der Waals surface area contributed by atoms with Crippen LogP contribution in [0.4, 0.5) is 11.6 Å². The zero-order chi connectivity index (χ0) is 20.4. The Balaban J connectivity index is 1.56. The Morgan fingerprint density at radius 3 is 2.83 bits per heavy atom. The number of nitrogens with one attached hydrogen (secondary N) is 2. The highest BCUT2D eigenvalue weighted by Gasteiger charge is 2.28. The predicted molar refractivity (Wildman–Crippen MR) is 112 cm³/mol. The predicted octanol–water partition coefficient (Wildman–Crippen LogP) is 2.67. The molecule has 4 heterocycles. The number of hydrogen-bond donors (Lipinski definition) is 2. The standard InChI is InChI=1S/C20H29N7O2/c1-5-29-18-15-6-7-21-17(15)24-19(25-18)23-16-12-22-27(14(16)2)20(3,4)13-26-8-10-28-11-9-26/h6-7,12H,5,8-11,13H2,1-4H3,(H2,21,23,24,25). The molecule has 0 spiro atoms. The molecule has 0 aliphatic carbocycles. The second kappa shape index (κ2) is 8.00. The molecule has 0 bridgehead atoms. The molecule has 4 rings (SSSR count). The molecule has 0 unspecified atom stereocenters. The number of anilines is 2. The maximum absolute atomic E-state index is 5.68. The zero-order valence-corrected chi connectivity index (χ0v) is 17.5. The smallest absolute Gasteiger partial charge is 0.232 e. The summed E-state index contributed by atoms with van der Waals surface area (Å²) in [4.78, 5) is 14.7. The summed E-state index contributed by atoms with van der Waals surface area (Å²) < 4.78 is 13.2. The van der Waals surface area contributed by atoms with E-state index in [4.69, 9.17) is 9.47 Å². The van der Waals surface area contributed by atoms with Gasteiger partial charge in [-0.3, -0.25) is 9.58 Å². The Labute approximate surface area is 170 Å². The van der Waals surface area contributed by atoms with Gasteiger partial charge in [0.05, 0.1) is 48.3 Å². The molecule has 3 aromatic rings. The summed E-state index contributed by atoms with van der Waals surface area (Å²) in [6.45, 7) is 13.4. The fourth-order valence-electron chi connectivity index (χ4n) is 3.85. The normalized spacial score (nSPS) is 15.7. The van der Waals surface area contributed by atoms with Gasteiger partial charge in [0.2, 0.25) is 11.8 Å². The minimum absolute atomic E-state index is 0.151. The Hall–Kier alpha value is -2.65. The quantitative estimate of drug-likeness (QED) is 0.631. The third-order valence-electron chi connectivity index (χ3n) is 5.21. The number of morpholine rings is 1. The molecule has 1 saturated heterocycles. The summed E-state index contributed by atoms with van der Waals surface area (Å²) in [5, 5.41) is 8.84. The molecule has 1 aliphatic heterocycles. The van der Waals surface area contributed by atoms with Crippen LogP contribution < -0.4 is 10.1 Å². The summed E-state index contributed by atoms with van der Waals surface area (Å²) in [6.07, 6.45) is 3.67. The fourth-order valence-corrected chi connectivity index (χ4v) is 3.85. The van der Waals surface area contributed by atoms with Crippen LogP contribution in [-0.2, 0) is 10.3 Å². The summed E-state index contributed by atoms with van der Waals surface area (Å²) in [6, 6.07) is 1.92. The lowest BCUT2D eigenvalue weighted by molar-refractivity contribution is 0.0210. The number of fused-ring (bicyclic) bond motifs is 1. The van der Waals surface area contributed by atoms with Gasteiger partial charge in [0.25, 0.3) is 0 Å². The first kappa shape index (κ1) is 19.7. The van der Waals surface area contributed by atoms with Crippen LogP contribution in [0.2, 0.25) is 0 Å². The number of aromatic nitrogens is 5. The van der Waals surface area contributed by atoms with Gasteiger partial charge in [0, 0.05) is 25.8 Å². The average molecular weight is 399 g/mol. The van der Waals surface area contributed by atoms with Crippen LogP contribution in [0.25, 0.3) is 11.0 Å². The molecule has 0 atom stereocenters. The molecular formula is C20H29N7O2. The van der Waals surface area contributed by atoms with E-state index in [1.807, 2.05) is 25.4 Å². The molecule has 0 radical (unpaired) electrons. The Morgan fingerprint density at radius 1 is 1.28 bits per heavy atom. The van der Waals surface area contributed by atoms with Gasteiger partial charge in [-0.15, -0.1) is 0 Å². The minimum atomic E-state index is -0.151. The maximum atomic E-state index is 5.68. The molecule has 2 N–H and O–H groups in total. The van der Waals surface area contributed by atoms with E-state index in [0.29, 0.717) is 18.4 Å². The summed E-state index contributed by atoms with van der Waals surface area (Å²) in [5.74, 6) is 1.05. The number of nitrogens with zero attached hydrogens (tertiary/aromatic N) is 5. The Kier molecular flexibility index (Phi) is 5.42. The molecule has 1 fully saturated rings. The number of hydrogen-bond acceptors (Lipinski definition) is 7. The third-order valence-corrected chi connectivity index (χ3v) is 5.21. The van der Waals surface area contributed by atoms with Gasteiger partial charge in [0.15, 0.2) is 0 Å². The molecule has 1 aliphatic rings. The highest BCUT2D eigenvalue weighted by atomic mass is 16.5. The van der Waals surface area contributed by atoms with E-state index >= 15 is 0 Å². The SMILES string of the molecule is CCOc1nc(Nc2cnn(C(C)(C)CN3CCOCC3)c2C)nc2[nH]ccc12. The van der Waals surface area contributed by atoms with E-state index in [2.05, 4.69) is 55.7 Å². The van der Waals surface area contributed by atoms with Gasteiger partial charge in [-0.05, 0) is 33.8 Å². The minimum Gasteiger partial charge on any atom is -0.477 e. The maximum Gasteiger partial charge on any atom is 0.232 e. The molecule has 0 aromatic carbocycles. The number of H-pyrrole nitrogens is 1. The number of rotatable bonds is 7. The summed E-state index contributed by atoms with van der Waals surface area (Å²) >= 11 is 0. The monoisotopic (exact) mass is 399 g/mol. The van der Waals surface area contributed by atoms with Crippen molar-refractivity contribution in [3.63, 3.8) is 0 Å². The first-order valence-electron chi connectivity index (χ1n) is 10.1. The van der Waals surface area contributed by atoms with E-state index in [1.165, 1.54) is 0 Å². The van der Waals surface area contributed by atoms with Gasteiger partial charge in [-0.25, -0.2) is 0 Å². The average Bonchev–Trinajstić information content (AvgIpc) is 3.30. The van der Waals surface area contributed by atoms with Crippen molar-refractivity contribution in [2.24, 2.45) is 0 Å². The molecule has 9 heteroatoms. The van der Waals surface area contributed by atoms with E-state index in [-0.39, 0.29) is 5.54 Å². The fraction of sp³-hybridized carbons (Fsp3) is 0.550. The molecule has 9 nitrogen and oxygen atoms in total. The van der Waals surface area contributed by atoms with Crippen LogP contribution >= 0.6 is 0 Å². The highest BCUT2D eigenvalue weighted by molar-refractivity contribution is 5.82. The van der Waals surface area contributed by atoms with Crippen molar-refractivity contribution >= 4 is 22.7 Å². The lowest BCUT2D eigenvalue weighted by Crippen LogP contribution is -2.46. The van der Waals surface area contributed by atoms with E-state index in [0.717, 1.165) is 55.3 Å². The van der Waals surface area contributed by atoms with Crippen LogP contribution in [-0.4, -0.2) is 69.1 Å². The molecule has 0 amide bonds. The van der Waals surface area contributed by atoms with Crippen LogP contribution in [0, 0.1) is 6.92 Å². The molecule has 3 aromatic heterocycles. The molecule has 156 valence electrons. The van der Waals surface area contributed by atoms with Crippen LogP contribution in [0.15, 0.2) is 18.5 Å². The molecule has 29 heavy (non-hydrogen) atoms. The highest BCUT2D eigenvalue weighted by Crippen LogP contribution is 2.28. The zero-order valence-electron chi connectivity index (χ0n) is 17.5. The van der Waals surface area contributed by atoms with Gasteiger partial charge < -0.3 is 19.8 Å². The van der Waals surface area contributed by atoms with E-state index in [1.54, 1.807) is 0 Å². The van der Waals surface area contributed by atoms with Crippen LogP contribution in [0.3, 0.4) is 0 Å². The molecular weight excluding hydrogens is 370 g/mol. The largest absolute Gasteiger partial charge is 0.477 e. The van der Waals surface area contributed by atoms with E-state index < -0.39 is 0 Å². The van der Waals surface area contributed by atoms with Gasteiger partial charge >= 0.3 is 0 Å². The van der Waals surface area contributed by atoms with Gasteiger partial charge in [-0.2, -0.15) is 15.1 Å². The van der Waals surface area contributed by atoms with Gasteiger partial charge in [0.1, 0.15) is 5.65 Å². The molecule has 0 saturated carbocycles. The van der Waals surface area contributed by atoms with E-state index in [9.17, 15) is 0 Å². The lowest BCUT2D eigenvalue weighted by Gasteiger charge is -2.35. The van der Waals surface area contributed by atoms with Crippen molar-refractivity contribution in [1.29, 1.82) is 0 Å². The third kappa shape index (κ3) is 4.06. The summed E-state index contributed by atoms with van der Waals surface area (Å²) in [7, 11) is 0. The Bertz CT molecular complexity index is 973. The van der Waals surface area contributed by atoms with Crippen molar-refractivity contribution in [2.45, 2.75) is 33.2 Å². The summed E-state index contributed by atoms with van der Waals surface area (Å²) in [5.41, 5.74) is 2.51. The number of ether oxygens (including phenoxy) is 2. The van der Waals surface area contributed by atoms with Gasteiger partial charge in [-0.1, -0.05) is 0 Å². The van der Waals surface area contributed by atoms with Crippen molar-refractivity contribution in [1.82, 2.24) is 29.6 Å². The van der Waals surface area contributed by atoms with Crippen molar-refractivity contribution < 1.29 is 9.47 Å². The topological polar surface area (TPSA) is 93.1 Å². The first-order chi connectivity index (χ1) is 14.0. The van der Waals surface area contributed by atoms with Crippen LogP contribution in [0.5, 0.6) is 5.88 Å². The Morgan fingerprint density at radius 2 is 2.07 bits per heavy atom. The second-order valence-electron chi connectivity index (χ2n) is 7.91.